The SMILES string of the molecule is CCOc1cc(/C(O)=C2/C(=O)C(=O)N(Cc3cccc(OC)c3)C2c2ccncc2)ccc1Cl. The van der Waals surface area contributed by atoms with Crippen molar-refractivity contribution in [3.05, 3.63) is 94.3 Å². The van der Waals surface area contributed by atoms with Crippen LogP contribution in [0.15, 0.2) is 72.6 Å². The summed E-state index contributed by atoms with van der Waals surface area (Å²) in [5.41, 5.74) is 1.75. The molecule has 1 aliphatic rings. The Kier molecular flexibility index (Phi) is 6.84. The normalized spacial score (nSPS) is 17.1. The van der Waals surface area contributed by atoms with E-state index in [2.05, 4.69) is 4.98 Å². The number of halogens is 1. The van der Waals surface area contributed by atoms with Gasteiger partial charge < -0.3 is 19.5 Å². The maximum atomic E-state index is 13.2. The number of aromatic nitrogens is 1. The number of pyridine rings is 1. The van der Waals surface area contributed by atoms with Gasteiger partial charge in [-0.05, 0) is 60.5 Å². The third kappa shape index (κ3) is 4.47. The molecule has 4 rings (SSSR count). The summed E-state index contributed by atoms with van der Waals surface area (Å²) < 4.78 is 10.8. The summed E-state index contributed by atoms with van der Waals surface area (Å²) in [6.45, 7) is 2.35. The van der Waals surface area contributed by atoms with E-state index in [0.717, 1.165) is 5.56 Å². The van der Waals surface area contributed by atoms with Crippen LogP contribution in [0, 0.1) is 0 Å². The molecule has 1 fully saturated rings. The third-order valence-corrected chi connectivity index (χ3v) is 5.87. The number of nitrogens with zero attached hydrogens (tertiary/aromatic N) is 2. The Balaban J connectivity index is 1.83. The van der Waals surface area contributed by atoms with Crippen LogP contribution in [-0.4, -0.2) is 40.4 Å². The van der Waals surface area contributed by atoms with Gasteiger partial charge in [0.2, 0.25) is 0 Å². The number of benzene rings is 2. The van der Waals surface area contributed by atoms with Gasteiger partial charge in [0.05, 0.1) is 30.4 Å². The molecule has 2 heterocycles. The number of hydrogen-bond donors (Lipinski definition) is 1. The van der Waals surface area contributed by atoms with Gasteiger partial charge in [-0.1, -0.05) is 23.7 Å². The van der Waals surface area contributed by atoms with Gasteiger partial charge in [-0.2, -0.15) is 0 Å². The molecule has 3 aromatic rings. The number of rotatable bonds is 7. The number of amides is 1. The lowest BCUT2D eigenvalue weighted by molar-refractivity contribution is -0.140. The van der Waals surface area contributed by atoms with Gasteiger partial charge in [-0.3, -0.25) is 14.6 Å². The molecule has 1 saturated heterocycles. The highest BCUT2D eigenvalue weighted by Gasteiger charge is 2.46. The van der Waals surface area contributed by atoms with Crippen LogP contribution in [0.25, 0.3) is 5.76 Å². The number of carbonyl (C=O) groups is 2. The largest absolute Gasteiger partial charge is 0.507 e. The highest BCUT2D eigenvalue weighted by atomic mass is 35.5. The van der Waals surface area contributed by atoms with Crippen molar-refractivity contribution >= 4 is 29.1 Å². The maximum absolute atomic E-state index is 13.2. The smallest absolute Gasteiger partial charge is 0.295 e. The molecule has 0 spiro atoms. The number of ether oxygens (including phenoxy) is 2. The molecule has 7 nitrogen and oxygen atoms in total. The van der Waals surface area contributed by atoms with Crippen molar-refractivity contribution in [2.24, 2.45) is 0 Å². The van der Waals surface area contributed by atoms with E-state index < -0.39 is 17.7 Å². The van der Waals surface area contributed by atoms with Crippen molar-refractivity contribution in [2.75, 3.05) is 13.7 Å². The standard InChI is InChI=1S/C26H23ClN2O5/c1-3-34-21-14-18(7-8-20(21)27)24(30)22-23(17-9-11-28-12-10-17)29(26(32)25(22)31)15-16-5-4-6-19(13-16)33-2/h4-14,23,30H,3,15H2,1-2H3/b24-22-. The third-order valence-electron chi connectivity index (χ3n) is 5.55. The Morgan fingerprint density at radius 1 is 1.12 bits per heavy atom. The lowest BCUT2D eigenvalue weighted by Crippen LogP contribution is -2.29. The zero-order valence-corrected chi connectivity index (χ0v) is 19.5. The van der Waals surface area contributed by atoms with E-state index in [9.17, 15) is 14.7 Å². The quantitative estimate of drug-likeness (QED) is 0.299. The Morgan fingerprint density at radius 2 is 1.88 bits per heavy atom. The molecule has 0 radical (unpaired) electrons. The Bertz CT molecular complexity index is 1260. The van der Waals surface area contributed by atoms with Gasteiger partial charge in [-0.25, -0.2) is 0 Å². The molecule has 1 amide bonds. The molecule has 1 aliphatic heterocycles. The van der Waals surface area contributed by atoms with E-state index in [1.54, 1.807) is 62.0 Å². The molecule has 1 aromatic heterocycles. The van der Waals surface area contributed by atoms with Crippen LogP contribution in [0.5, 0.6) is 11.5 Å². The number of hydrogen-bond acceptors (Lipinski definition) is 6. The number of likely N-dealkylation sites (tertiary alicyclic amines) is 1. The van der Waals surface area contributed by atoms with Crippen molar-refractivity contribution in [3.8, 4) is 11.5 Å². The summed E-state index contributed by atoms with van der Waals surface area (Å²) in [4.78, 5) is 31.8. The van der Waals surface area contributed by atoms with Crippen LogP contribution in [0.4, 0.5) is 0 Å². The monoisotopic (exact) mass is 478 g/mol. The molecule has 174 valence electrons. The molecule has 1 atom stereocenters. The summed E-state index contributed by atoms with van der Waals surface area (Å²) in [5, 5.41) is 11.6. The first-order chi connectivity index (χ1) is 16.4. The molecule has 1 N–H and O–H groups in total. The molecule has 8 heteroatoms. The fraction of sp³-hybridized carbons (Fsp3) is 0.192. The summed E-state index contributed by atoms with van der Waals surface area (Å²) in [6, 6.07) is 14.6. The Hall–Kier alpha value is -3.84. The number of Topliss-reactive ketones (excluding diaryl/α,β-unsaturated/α-hetero) is 1. The summed E-state index contributed by atoms with van der Waals surface area (Å²) in [6.07, 6.45) is 3.16. The number of carbonyl (C=O) groups excluding carboxylic acids is 2. The lowest BCUT2D eigenvalue weighted by Gasteiger charge is -2.25. The number of methoxy groups -OCH3 is 1. The molecule has 0 bridgehead atoms. The fourth-order valence-corrected chi connectivity index (χ4v) is 4.15. The average molecular weight is 479 g/mol. The summed E-state index contributed by atoms with van der Waals surface area (Å²) in [7, 11) is 1.56. The van der Waals surface area contributed by atoms with E-state index in [4.69, 9.17) is 21.1 Å². The van der Waals surface area contributed by atoms with Gasteiger partial charge in [0.15, 0.2) is 0 Å². The summed E-state index contributed by atoms with van der Waals surface area (Å²) >= 11 is 6.18. The van der Waals surface area contributed by atoms with Crippen LogP contribution >= 0.6 is 11.6 Å². The first-order valence-electron chi connectivity index (χ1n) is 10.7. The van der Waals surface area contributed by atoms with Crippen LogP contribution in [0.2, 0.25) is 5.02 Å². The fourth-order valence-electron chi connectivity index (χ4n) is 3.98. The number of aliphatic hydroxyl groups is 1. The minimum atomic E-state index is -0.805. The first kappa shape index (κ1) is 23.3. The molecule has 1 unspecified atom stereocenters. The zero-order chi connectivity index (χ0) is 24.2. The second kappa shape index (κ2) is 9.97. The molecule has 0 aliphatic carbocycles. The second-order valence-corrected chi connectivity index (χ2v) is 8.04. The zero-order valence-electron chi connectivity index (χ0n) is 18.7. The van der Waals surface area contributed by atoms with E-state index in [1.807, 2.05) is 19.1 Å². The molecule has 0 saturated carbocycles. The van der Waals surface area contributed by atoms with Crippen LogP contribution in [0.1, 0.15) is 29.7 Å². The maximum Gasteiger partial charge on any atom is 0.295 e. The number of ketones is 1. The van der Waals surface area contributed by atoms with Gasteiger partial charge in [0, 0.05) is 24.5 Å². The lowest BCUT2D eigenvalue weighted by atomic mass is 9.95. The van der Waals surface area contributed by atoms with E-state index in [0.29, 0.717) is 34.3 Å². The highest BCUT2D eigenvalue weighted by molar-refractivity contribution is 6.46. The molecular weight excluding hydrogens is 456 g/mol. The van der Waals surface area contributed by atoms with Crippen molar-refractivity contribution in [3.63, 3.8) is 0 Å². The van der Waals surface area contributed by atoms with Crippen LogP contribution < -0.4 is 9.47 Å². The second-order valence-electron chi connectivity index (χ2n) is 7.64. The number of aliphatic hydroxyl groups excluding tert-OH is 1. The average Bonchev–Trinajstić information content (AvgIpc) is 3.10. The van der Waals surface area contributed by atoms with Crippen molar-refractivity contribution in [1.82, 2.24) is 9.88 Å². The first-order valence-corrected chi connectivity index (χ1v) is 11.1. The van der Waals surface area contributed by atoms with Gasteiger partial charge >= 0.3 is 0 Å². The van der Waals surface area contributed by atoms with E-state index >= 15 is 0 Å². The molecule has 2 aromatic carbocycles. The van der Waals surface area contributed by atoms with Crippen LogP contribution in [0.3, 0.4) is 0 Å². The minimum Gasteiger partial charge on any atom is -0.507 e. The Morgan fingerprint density at radius 3 is 2.59 bits per heavy atom. The van der Waals surface area contributed by atoms with Crippen molar-refractivity contribution in [1.29, 1.82) is 0 Å². The van der Waals surface area contributed by atoms with Gasteiger partial charge in [-0.15, -0.1) is 0 Å². The summed E-state index contributed by atoms with van der Waals surface area (Å²) in [5.74, 6) is -0.760. The van der Waals surface area contributed by atoms with Crippen molar-refractivity contribution < 1.29 is 24.2 Å². The highest BCUT2D eigenvalue weighted by Crippen LogP contribution is 2.41. The minimum absolute atomic E-state index is 0.0103. The Labute approximate surface area is 202 Å². The molecule has 34 heavy (non-hydrogen) atoms. The van der Waals surface area contributed by atoms with E-state index in [1.165, 1.54) is 4.90 Å². The van der Waals surface area contributed by atoms with Crippen LogP contribution in [-0.2, 0) is 16.1 Å². The van der Waals surface area contributed by atoms with E-state index in [-0.39, 0.29) is 17.9 Å². The van der Waals surface area contributed by atoms with Crippen molar-refractivity contribution in [2.45, 2.75) is 19.5 Å². The topological polar surface area (TPSA) is 89.0 Å². The molecular formula is C26H23ClN2O5. The predicted molar refractivity (Wildman–Crippen MR) is 128 cm³/mol. The predicted octanol–water partition coefficient (Wildman–Crippen LogP) is 4.76. The van der Waals surface area contributed by atoms with Gasteiger partial charge in [0.25, 0.3) is 11.7 Å². The van der Waals surface area contributed by atoms with Gasteiger partial charge in [0.1, 0.15) is 17.3 Å².